The molecule has 1 aromatic rings. The van der Waals surface area contributed by atoms with Crippen molar-refractivity contribution >= 4 is 51.8 Å². The molecule has 0 spiro atoms. The van der Waals surface area contributed by atoms with E-state index in [0.717, 1.165) is 16.9 Å². The molecule has 1 amide bonds. The summed E-state index contributed by atoms with van der Waals surface area (Å²) in [5.74, 6) is -2.45. The molecule has 0 aromatic carbocycles. The number of carboxylic acids is 1. The molecule has 2 aliphatic rings. The Morgan fingerprint density at radius 1 is 1.56 bits per heavy atom. The summed E-state index contributed by atoms with van der Waals surface area (Å²) in [5, 5.41) is 27.4. The van der Waals surface area contributed by atoms with Crippen molar-refractivity contribution in [1.82, 2.24) is 15.6 Å². The zero-order valence-corrected chi connectivity index (χ0v) is 15.5. The van der Waals surface area contributed by atoms with Crippen LogP contribution >= 0.6 is 23.1 Å². The van der Waals surface area contributed by atoms with Gasteiger partial charge >= 0.3 is 11.9 Å². The molecule has 11 nitrogen and oxygen atoms in total. The zero-order valence-electron chi connectivity index (χ0n) is 13.8. The number of ether oxygens (including phenoxy) is 1. The third kappa shape index (κ3) is 3.68. The van der Waals surface area contributed by atoms with Gasteiger partial charge in [-0.3, -0.25) is 4.79 Å². The number of rotatable bonds is 5. The fourth-order valence-electron chi connectivity index (χ4n) is 2.60. The Morgan fingerprint density at radius 3 is 2.89 bits per heavy atom. The number of nitrogen functional groups attached to an aromatic ring is 1. The molecule has 1 aromatic heterocycles. The number of thiazole rings is 1. The Hall–Kier alpha value is -2.80. The molecule has 3 rings (SSSR count). The molecule has 0 bridgehead atoms. The van der Waals surface area contributed by atoms with E-state index < -0.39 is 35.0 Å². The summed E-state index contributed by atoms with van der Waals surface area (Å²) in [5.41, 5.74) is 6.00. The highest BCUT2D eigenvalue weighted by molar-refractivity contribution is 8.00. The van der Waals surface area contributed by atoms with Gasteiger partial charge in [0.1, 0.15) is 22.9 Å². The highest BCUT2D eigenvalue weighted by atomic mass is 32.2. The van der Waals surface area contributed by atoms with E-state index in [1.54, 1.807) is 6.92 Å². The molecular formula is C14H15N5O6S2. The second-order valence-electron chi connectivity index (χ2n) is 5.63. The summed E-state index contributed by atoms with van der Waals surface area (Å²) in [6, 6.07) is -1.41. The number of hydrogen-bond acceptors (Lipinski definition) is 11. The maximum absolute atomic E-state index is 12.4. The fraction of sp³-hybridized carbons (Fsp3) is 0.357. The van der Waals surface area contributed by atoms with Crippen LogP contribution < -0.4 is 16.4 Å². The molecule has 144 valence electrons. The van der Waals surface area contributed by atoms with Crippen LogP contribution in [0.5, 0.6) is 0 Å². The smallest absolute Gasteiger partial charge is 0.355 e. The van der Waals surface area contributed by atoms with E-state index in [1.165, 1.54) is 17.1 Å². The number of esters is 1. The van der Waals surface area contributed by atoms with Crippen molar-refractivity contribution in [2.75, 3.05) is 11.5 Å². The number of carbonyl (C=O) groups excluding carboxylic acids is 2. The summed E-state index contributed by atoms with van der Waals surface area (Å²) in [7, 11) is 0. The van der Waals surface area contributed by atoms with E-state index in [2.05, 4.69) is 20.8 Å². The van der Waals surface area contributed by atoms with Crippen LogP contribution in [0, 0.1) is 0 Å². The lowest BCUT2D eigenvalue weighted by Crippen LogP contribution is -2.55. The van der Waals surface area contributed by atoms with Gasteiger partial charge in [0.05, 0.1) is 0 Å². The first-order valence-electron chi connectivity index (χ1n) is 7.61. The molecule has 3 atom stereocenters. The predicted octanol–water partition coefficient (Wildman–Crippen LogP) is -0.665. The molecular weight excluding hydrogens is 398 g/mol. The third-order valence-corrected chi connectivity index (χ3v) is 5.84. The largest absolute Gasteiger partial charge is 0.480 e. The summed E-state index contributed by atoms with van der Waals surface area (Å²) in [6.45, 7) is 1.73. The number of carbonyl (C=O) groups is 3. The monoisotopic (exact) mass is 413 g/mol. The van der Waals surface area contributed by atoms with Crippen LogP contribution in [-0.4, -0.2) is 62.1 Å². The number of carboxylic acid groups (broad SMARTS) is 1. The van der Waals surface area contributed by atoms with E-state index in [0.29, 0.717) is 5.75 Å². The highest BCUT2D eigenvalue weighted by Crippen LogP contribution is 2.32. The van der Waals surface area contributed by atoms with Gasteiger partial charge in [-0.05, 0) is 6.92 Å². The standard InChI is InChI=1S/C14H15N5O6S2/c1-4-5-2-26-11(18-7(5)13(23)25-4)9(12(21)22)17-10(20)8(19-24)6-3-27-14(15)16-6/h3-4,9,11,18,24H,2H2,1H3,(H2,15,16)(H,17,20)(H,21,22)/b19-8+/t4-,9+,11-/m1/s1. The predicted molar refractivity (Wildman–Crippen MR) is 96.4 cm³/mol. The number of hydrogen-bond donors (Lipinski definition) is 5. The minimum absolute atomic E-state index is 0.0177. The van der Waals surface area contributed by atoms with Gasteiger partial charge in [-0.2, -0.15) is 0 Å². The molecule has 6 N–H and O–H groups in total. The summed E-state index contributed by atoms with van der Waals surface area (Å²) in [6.07, 6.45) is -0.380. The number of thioether (sulfide) groups is 1. The van der Waals surface area contributed by atoms with E-state index in [4.69, 9.17) is 15.7 Å². The van der Waals surface area contributed by atoms with Crippen molar-refractivity contribution in [1.29, 1.82) is 0 Å². The van der Waals surface area contributed by atoms with Crippen LogP contribution in [0.1, 0.15) is 12.6 Å². The Balaban J connectivity index is 1.77. The first-order chi connectivity index (χ1) is 12.8. The van der Waals surface area contributed by atoms with Crippen LogP contribution in [0.4, 0.5) is 5.13 Å². The Morgan fingerprint density at radius 2 is 2.30 bits per heavy atom. The molecule has 0 fully saturated rings. The zero-order chi connectivity index (χ0) is 19.7. The van der Waals surface area contributed by atoms with Crippen molar-refractivity contribution in [3.8, 4) is 0 Å². The Bertz CT molecular complexity index is 866. The average Bonchev–Trinajstić information content (AvgIpc) is 3.16. The minimum atomic E-state index is -1.41. The van der Waals surface area contributed by atoms with Gasteiger partial charge in [0.2, 0.25) is 0 Å². The number of nitrogens with two attached hydrogens (primary N) is 1. The van der Waals surface area contributed by atoms with Gasteiger partial charge < -0.3 is 31.4 Å². The lowest BCUT2D eigenvalue weighted by atomic mass is 10.1. The van der Waals surface area contributed by atoms with Gasteiger partial charge in [-0.1, -0.05) is 5.16 Å². The minimum Gasteiger partial charge on any atom is -0.480 e. The number of oxime groups is 1. The van der Waals surface area contributed by atoms with E-state index in [-0.39, 0.29) is 22.6 Å². The molecule has 3 heterocycles. The molecule has 0 radical (unpaired) electrons. The summed E-state index contributed by atoms with van der Waals surface area (Å²) in [4.78, 5) is 39.8. The molecule has 0 saturated heterocycles. The van der Waals surface area contributed by atoms with Crippen molar-refractivity contribution in [2.24, 2.45) is 5.16 Å². The number of amides is 1. The van der Waals surface area contributed by atoms with Gasteiger partial charge in [0.25, 0.3) is 5.91 Å². The normalized spacial score (nSPS) is 23.3. The van der Waals surface area contributed by atoms with Gasteiger partial charge in [0, 0.05) is 16.7 Å². The van der Waals surface area contributed by atoms with Crippen molar-refractivity contribution < 1.29 is 29.4 Å². The Labute approximate surface area is 160 Å². The number of aromatic nitrogens is 1. The van der Waals surface area contributed by atoms with Crippen molar-refractivity contribution in [3.63, 3.8) is 0 Å². The number of cyclic esters (lactones) is 1. The first kappa shape index (κ1) is 19.0. The maximum atomic E-state index is 12.4. The highest BCUT2D eigenvalue weighted by Gasteiger charge is 2.41. The van der Waals surface area contributed by atoms with Crippen LogP contribution in [0.2, 0.25) is 0 Å². The van der Waals surface area contributed by atoms with Crippen LogP contribution in [0.25, 0.3) is 0 Å². The topological polar surface area (TPSA) is 176 Å². The van der Waals surface area contributed by atoms with Gasteiger partial charge in [-0.15, -0.1) is 23.1 Å². The molecule has 0 saturated carbocycles. The molecule has 0 aliphatic carbocycles. The van der Waals surface area contributed by atoms with Crippen molar-refractivity contribution in [3.05, 3.63) is 22.3 Å². The average molecular weight is 413 g/mol. The number of nitrogens with one attached hydrogen (secondary N) is 2. The molecule has 2 aliphatic heterocycles. The lowest BCUT2D eigenvalue weighted by Gasteiger charge is -2.29. The lowest BCUT2D eigenvalue weighted by molar-refractivity contribution is -0.142. The van der Waals surface area contributed by atoms with E-state index in [9.17, 15) is 19.5 Å². The number of aliphatic carboxylic acids is 1. The number of nitrogens with zero attached hydrogens (tertiary/aromatic N) is 2. The molecule has 0 unspecified atom stereocenters. The van der Waals surface area contributed by atoms with Crippen LogP contribution in [0.3, 0.4) is 0 Å². The number of anilines is 1. The van der Waals surface area contributed by atoms with Gasteiger partial charge in [-0.25, -0.2) is 14.6 Å². The van der Waals surface area contributed by atoms with Crippen LogP contribution in [0.15, 0.2) is 21.8 Å². The second kappa shape index (κ2) is 7.44. The quantitative estimate of drug-likeness (QED) is 0.180. The van der Waals surface area contributed by atoms with Gasteiger partial charge in [0.15, 0.2) is 16.9 Å². The van der Waals surface area contributed by atoms with Crippen LogP contribution in [-0.2, 0) is 19.1 Å². The third-order valence-electron chi connectivity index (χ3n) is 3.94. The summed E-state index contributed by atoms with van der Waals surface area (Å²) < 4.78 is 5.10. The van der Waals surface area contributed by atoms with E-state index >= 15 is 0 Å². The van der Waals surface area contributed by atoms with Crippen molar-refractivity contribution in [2.45, 2.75) is 24.4 Å². The first-order valence-corrected chi connectivity index (χ1v) is 9.54. The Kier molecular flexibility index (Phi) is 5.23. The maximum Gasteiger partial charge on any atom is 0.355 e. The molecule has 27 heavy (non-hydrogen) atoms. The summed E-state index contributed by atoms with van der Waals surface area (Å²) >= 11 is 2.24. The molecule has 13 heteroatoms. The SMILES string of the molecule is C[C@H]1OC(=O)C2=C1CS[C@H]([C@H](NC(=O)/C(=N/O)c1csc(N)n1)C(=O)O)N2. The second-order valence-corrected chi connectivity index (χ2v) is 7.65. The van der Waals surface area contributed by atoms with E-state index in [1.807, 2.05) is 0 Å². The fourth-order valence-corrected chi connectivity index (χ4v) is 4.46.